The fourth-order valence-electron chi connectivity index (χ4n) is 1.83. The smallest absolute Gasteiger partial charge is 0.224 e. The molecular formula is C14H20N4O3. The molecule has 1 aromatic carbocycles. The molecule has 0 saturated heterocycles. The van der Waals surface area contributed by atoms with E-state index in [1.807, 2.05) is 0 Å². The van der Waals surface area contributed by atoms with Gasteiger partial charge in [0.1, 0.15) is 0 Å². The molecule has 0 heterocycles. The Bertz CT molecular complexity index is 513. The molecule has 1 amide bonds. The minimum absolute atomic E-state index is 0.0500. The molecule has 0 aliphatic rings. The van der Waals surface area contributed by atoms with Gasteiger partial charge in [0.05, 0.1) is 14.2 Å². The van der Waals surface area contributed by atoms with E-state index in [1.54, 1.807) is 32.4 Å². The number of ether oxygens (including phenoxy) is 2. The first-order valence-electron chi connectivity index (χ1n) is 6.74. The van der Waals surface area contributed by atoms with Crippen molar-refractivity contribution >= 4 is 11.6 Å². The highest BCUT2D eigenvalue weighted by molar-refractivity contribution is 5.91. The number of anilines is 1. The molecule has 0 unspecified atom stereocenters. The van der Waals surface area contributed by atoms with E-state index in [0.717, 1.165) is 19.3 Å². The highest BCUT2D eigenvalue weighted by Gasteiger charge is 2.07. The molecule has 0 saturated carbocycles. The van der Waals surface area contributed by atoms with Crippen molar-refractivity contribution in [2.24, 2.45) is 5.11 Å². The van der Waals surface area contributed by atoms with Crippen molar-refractivity contribution in [3.05, 3.63) is 28.6 Å². The summed E-state index contributed by atoms with van der Waals surface area (Å²) in [5.74, 6) is 1.14. The zero-order chi connectivity index (χ0) is 15.5. The average molecular weight is 292 g/mol. The first kappa shape index (κ1) is 16.7. The maximum atomic E-state index is 11.8. The largest absolute Gasteiger partial charge is 0.493 e. The summed E-state index contributed by atoms with van der Waals surface area (Å²) in [4.78, 5) is 14.5. The Morgan fingerprint density at radius 3 is 2.67 bits per heavy atom. The van der Waals surface area contributed by atoms with Gasteiger partial charge in [-0.25, -0.2) is 0 Å². The van der Waals surface area contributed by atoms with E-state index in [1.165, 1.54) is 0 Å². The lowest BCUT2D eigenvalue weighted by molar-refractivity contribution is -0.116. The standard InChI is InChI=1S/C14H20N4O3/c1-20-12-8-7-11(10-13(12)21-2)17-14(19)6-4-3-5-9-16-18-15/h7-8,10H,3-6,9H2,1-2H3,(H,17,19). The van der Waals surface area contributed by atoms with Crippen LogP contribution in [0.4, 0.5) is 5.69 Å². The molecule has 7 nitrogen and oxygen atoms in total. The molecule has 1 N–H and O–H groups in total. The fourth-order valence-corrected chi connectivity index (χ4v) is 1.83. The number of azide groups is 1. The maximum Gasteiger partial charge on any atom is 0.224 e. The average Bonchev–Trinajstić information content (AvgIpc) is 2.50. The van der Waals surface area contributed by atoms with Gasteiger partial charge >= 0.3 is 0 Å². The van der Waals surface area contributed by atoms with Crippen molar-refractivity contribution in [1.29, 1.82) is 0 Å². The summed E-state index contributed by atoms with van der Waals surface area (Å²) in [5.41, 5.74) is 8.80. The fraction of sp³-hybridized carbons (Fsp3) is 0.500. The van der Waals surface area contributed by atoms with Crippen LogP contribution in [-0.4, -0.2) is 26.7 Å². The molecule has 0 fully saturated rings. The van der Waals surface area contributed by atoms with Gasteiger partial charge in [-0.05, 0) is 30.5 Å². The lowest BCUT2D eigenvalue weighted by atomic mass is 10.2. The first-order valence-corrected chi connectivity index (χ1v) is 6.74. The molecule has 0 bridgehead atoms. The van der Waals surface area contributed by atoms with E-state index in [-0.39, 0.29) is 5.91 Å². The number of carbonyl (C=O) groups excluding carboxylic acids is 1. The number of nitrogens with one attached hydrogen (secondary N) is 1. The van der Waals surface area contributed by atoms with Gasteiger partial charge in [0.15, 0.2) is 11.5 Å². The molecule has 0 radical (unpaired) electrons. The molecule has 1 rings (SSSR count). The molecule has 21 heavy (non-hydrogen) atoms. The Kier molecular flexibility index (Phi) is 7.53. The molecule has 7 heteroatoms. The Balaban J connectivity index is 2.39. The van der Waals surface area contributed by atoms with Crippen LogP contribution >= 0.6 is 0 Å². The van der Waals surface area contributed by atoms with Gasteiger partial charge in [-0.3, -0.25) is 4.79 Å². The zero-order valence-electron chi connectivity index (χ0n) is 12.3. The number of rotatable bonds is 9. The second kappa shape index (κ2) is 9.50. The lowest BCUT2D eigenvalue weighted by Gasteiger charge is -2.10. The number of carbonyl (C=O) groups is 1. The number of methoxy groups -OCH3 is 2. The molecule has 0 aromatic heterocycles. The zero-order valence-corrected chi connectivity index (χ0v) is 12.3. The van der Waals surface area contributed by atoms with E-state index < -0.39 is 0 Å². The number of hydrogen-bond acceptors (Lipinski definition) is 4. The third kappa shape index (κ3) is 6.05. The number of amides is 1. The van der Waals surface area contributed by atoms with E-state index in [4.69, 9.17) is 15.0 Å². The Labute approximate surface area is 123 Å². The maximum absolute atomic E-state index is 11.8. The van der Waals surface area contributed by atoms with Gasteiger partial charge in [-0.1, -0.05) is 11.5 Å². The third-order valence-corrected chi connectivity index (χ3v) is 2.89. The minimum atomic E-state index is -0.0500. The molecular weight excluding hydrogens is 272 g/mol. The van der Waals surface area contributed by atoms with E-state index >= 15 is 0 Å². The second-order valence-corrected chi connectivity index (χ2v) is 4.38. The summed E-state index contributed by atoms with van der Waals surface area (Å²) in [6, 6.07) is 5.23. The van der Waals surface area contributed by atoms with Crippen LogP contribution in [0.3, 0.4) is 0 Å². The number of benzene rings is 1. The molecule has 0 aliphatic heterocycles. The number of unbranched alkanes of at least 4 members (excludes halogenated alkanes) is 2. The summed E-state index contributed by atoms with van der Waals surface area (Å²) in [6.07, 6.45) is 2.86. The van der Waals surface area contributed by atoms with Gasteiger partial charge < -0.3 is 14.8 Å². The lowest BCUT2D eigenvalue weighted by Crippen LogP contribution is -2.11. The van der Waals surface area contributed by atoms with Crippen LogP contribution in [0.25, 0.3) is 10.4 Å². The number of nitrogens with zero attached hydrogens (tertiary/aromatic N) is 3. The Morgan fingerprint density at radius 2 is 2.00 bits per heavy atom. The summed E-state index contributed by atoms with van der Waals surface area (Å²) in [7, 11) is 3.11. The van der Waals surface area contributed by atoms with Crippen molar-refractivity contribution in [3.8, 4) is 11.5 Å². The second-order valence-electron chi connectivity index (χ2n) is 4.38. The van der Waals surface area contributed by atoms with Gasteiger partial charge in [-0.2, -0.15) is 0 Å². The Hall–Kier alpha value is -2.40. The van der Waals surface area contributed by atoms with Crippen molar-refractivity contribution in [1.82, 2.24) is 0 Å². The highest BCUT2D eigenvalue weighted by atomic mass is 16.5. The van der Waals surface area contributed by atoms with Crippen molar-refractivity contribution in [2.45, 2.75) is 25.7 Å². The van der Waals surface area contributed by atoms with Crippen LogP contribution in [-0.2, 0) is 4.79 Å². The Morgan fingerprint density at radius 1 is 1.24 bits per heavy atom. The van der Waals surface area contributed by atoms with Gasteiger partial charge in [0.25, 0.3) is 0 Å². The van der Waals surface area contributed by atoms with E-state index in [0.29, 0.717) is 30.2 Å². The predicted molar refractivity (Wildman–Crippen MR) is 80.7 cm³/mol. The van der Waals surface area contributed by atoms with Crippen LogP contribution in [0.5, 0.6) is 11.5 Å². The summed E-state index contributed by atoms with van der Waals surface area (Å²) in [6.45, 7) is 0.480. The summed E-state index contributed by atoms with van der Waals surface area (Å²) >= 11 is 0. The topological polar surface area (TPSA) is 96.3 Å². The molecule has 0 aliphatic carbocycles. The van der Waals surface area contributed by atoms with Gasteiger partial charge in [0.2, 0.25) is 5.91 Å². The van der Waals surface area contributed by atoms with E-state index in [2.05, 4.69) is 15.3 Å². The summed E-state index contributed by atoms with van der Waals surface area (Å²) < 4.78 is 10.3. The first-order chi connectivity index (χ1) is 10.2. The van der Waals surface area contributed by atoms with Crippen LogP contribution < -0.4 is 14.8 Å². The van der Waals surface area contributed by atoms with Gasteiger partial charge in [0, 0.05) is 29.6 Å². The van der Waals surface area contributed by atoms with Crippen molar-refractivity contribution in [3.63, 3.8) is 0 Å². The monoisotopic (exact) mass is 292 g/mol. The van der Waals surface area contributed by atoms with Crippen LogP contribution in [0, 0.1) is 0 Å². The molecule has 1 aromatic rings. The third-order valence-electron chi connectivity index (χ3n) is 2.89. The summed E-state index contributed by atoms with van der Waals surface area (Å²) in [5, 5.41) is 6.26. The number of hydrogen-bond donors (Lipinski definition) is 1. The van der Waals surface area contributed by atoms with Crippen LogP contribution in [0.2, 0.25) is 0 Å². The predicted octanol–water partition coefficient (Wildman–Crippen LogP) is 3.51. The minimum Gasteiger partial charge on any atom is -0.493 e. The molecule has 0 spiro atoms. The SMILES string of the molecule is COc1ccc(NC(=O)CCCCCN=[N+]=[N-])cc1OC. The van der Waals surface area contributed by atoms with Crippen molar-refractivity contribution < 1.29 is 14.3 Å². The highest BCUT2D eigenvalue weighted by Crippen LogP contribution is 2.29. The quantitative estimate of drug-likeness (QED) is 0.326. The van der Waals surface area contributed by atoms with Gasteiger partial charge in [-0.15, -0.1) is 0 Å². The van der Waals surface area contributed by atoms with Crippen LogP contribution in [0.15, 0.2) is 23.3 Å². The normalized spacial score (nSPS) is 9.62. The van der Waals surface area contributed by atoms with Crippen molar-refractivity contribution in [2.75, 3.05) is 26.1 Å². The molecule has 0 atom stereocenters. The van der Waals surface area contributed by atoms with Crippen LogP contribution in [0.1, 0.15) is 25.7 Å². The molecule has 114 valence electrons. The van der Waals surface area contributed by atoms with E-state index in [9.17, 15) is 4.79 Å².